The average Bonchev–Trinajstić information content (AvgIpc) is 2.76. The Kier molecular flexibility index (Phi) is 5.11. The van der Waals surface area contributed by atoms with E-state index in [9.17, 15) is 17.6 Å². The van der Waals surface area contributed by atoms with Crippen LogP contribution in [0.5, 0.6) is 0 Å². The molecule has 0 spiro atoms. The van der Waals surface area contributed by atoms with Gasteiger partial charge in [-0.2, -0.15) is 18.2 Å². The van der Waals surface area contributed by atoms with Gasteiger partial charge in [-0.3, -0.25) is 0 Å². The van der Waals surface area contributed by atoms with Crippen LogP contribution in [0.15, 0.2) is 27.2 Å². The van der Waals surface area contributed by atoms with Gasteiger partial charge in [-0.05, 0) is 12.1 Å². The van der Waals surface area contributed by atoms with Crippen LogP contribution in [0.3, 0.4) is 0 Å². The lowest BCUT2D eigenvalue weighted by Crippen LogP contribution is -2.16. The molecule has 1 unspecified atom stereocenters. The molecule has 0 saturated carbocycles. The molecule has 0 bridgehead atoms. The van der Waals surface area contributed by atoms with Gasteiger partial charge in [0, 0.05) is 10.0 Å². The summed E-state index contributed by atoms with van der Waals surface area (Å²) in [6, 6.07) is 2.73. The van der Waals surface area contributed by atoms with Gasteiger partial charge in [0.15, 0.2) is 5.82 Å². The van der Waals surface area contributed by atoms with Crippen LogP contribution < -0.4 is 5.73 Å². The number of hydrogen-bond acceptors (Lipinski definition) is 4. The van der Waals surface area contributed by atoms with Crippen LogP contribution in [-0.4, -0.2) is 10.1 Å². The first kappa shape index (κ1) is 16.9. The number of alkyl halides is 3. The van der Waals surface area contributed by atoms with Gasteiger partial charge in [-0.15, -0.1) is 12.4 Å². The number of hydrogen-bond donors (Lipinski definition) is 1. The summed E-state index contributed by atoms with van der Waals surface area (Å²) in [5.74, 6) is -2.63. The lowest BCUT2D eigenvalue weighted by molar-refractivity contribution is -0.159. The Morgan fingerprint density at radius 1 is 1.30 bits per heavy atom. The molecule has 20 heavy (non-hydrogen) atoms. The summed E-state index contributed by atoms with van der Waals surface area (Å²) in [4.78, 5) is 3.12. The fraction of sp³-hybridized carbons (Fsp3) is 0.200. The van der Waals surface area contributed by atoms with Crippen LogP contribution in [0, 0.1) is 5.82 Å². The molecule has 2 N–H and O–H groups in total. The molecule has 1 aromatic heterocycles. The van der Waals surface area contributed by atoms with Crippen LogP contribution >= 0.6 is 28.3 Å². The molecule has 1 atom stereocenters. The first-order valence-corrected chi connectivity index (χ1v) is 5.69. The molecule has 0 aliphatic carbocycles. The topological polar surface area (TPSA) is 64.9 Å². The SMILES string of the molecule is Cl.NC(c1noc(C(F)(F)F)n1)c1ccc(Br)cc1F. The Bertz CT molecular complexity index is 604. The third kappa shape index (κ3) is 3.47. The number of nitrogens with two attached hydrogens (primary N) is 1. The van der Waals surface area contributed by atoms with E-state index >= 15 is 0 Å². The van der Waals surface area contributed by atoms with E-state index in [0.717, 1.165) is 6.07 Å². The molecule has 0 aliphatic rings. The van der Waals surface area contributed by atoms with E-state index in [0.29, 0.717) is 4.47 Å². The van der Waals surface area contributed by atoms with E-state index < -0.39 is 29.8 Å². The van der Waals surface area contributed by atoms with E-state index in [1.807, 2.05) is 0 Å². The van der Waals surface area contributed by atoms with Gasteiger partial charge in [0.05, 0.1) is 6.04 Å². The highest BCUT2D eigenvalue weighted by molar-refractivity contribution is 9.10. The lowest BCUT2D eigenvalue weighted by atomic mass is 10.1. The third-order valence-electron chi connectivity index (χ3n) is 2.26. The summed E-state index contributed by atoms with van der Waals surface area (Å²) in [5.41, 5.74) is 5.59. The first-order valence-electron chi connectivity index (χ1n) is 4.90. The summed E-state index contributed by atoms with van der Waals surface area (Å²) in [6.45, 7) is 0. The van der Waals surface area contributed by atoms with Crippen LogP contribution in [0.1, 0.15) is 23.3 Å². The zero-order chi connectivity index (χ0) is 14.2. The van der Waals surface area contributed by atoms with Gasteiger partial charge in [-0.1, -0.05) is 27.2 Å². The molecule has 0 fully saturated rings. The summed E-state index contributed by atoms with van der Waals surface area (Å²) in [6.07, 6.45) is -4.76. The van der Waals surface area contributed by atoms with Crippen molar-refractivity contribution in [3.05, 3.63) is 45.8 Å². The molecular formula is C10H7BrClF4N3O. The number of rotatable bonds is 2. The van der Waals surface area contributed by atoms with Crippen LogP contribution in [0.2, 0.25) is 0 Å². The van der Waals surface area contributed by atoms with Crippen molar-refractivity contribution < 1.29 is 22.1 Å². The summed E-state index contributed by atoms with van der Waals surface area (Å²) < 4.78 is 55.0. The predicted octanol–water partition coefficient (Wildman–Crippen LogP) is 3.46. The van der Waals surface area contributed by atoms with Crippen molar-refractivity contribution in [2.75, 3.05) is 0 Å². The van der Waals surface area contributed by atoms with Crippen molar-refractivity contribution in [1.29, 1.82) is 0 Å². The van der Waals surface area contributed by atoms with E-state index in [1.165, 1.54) is 12.1 Å². The normalized spacial score (nSPS) is 12.9. The number of nitrogens with zero attached hydrogens (tertiary/aromatic N) is 2. The van der Waals surface area contributed by atoms with E-state index in [2.05, 4.69) is 30.6 Å². The maximum Gasteiger partial charge on any atom is 0.471 e. The molecule has 110 valence electrons. The number of aromatic nitrogens is 2. The Labute approximate surface area is 124 Å². The second-order valence-electron chi connectivity index (χ2n) is 3.60. The zero-order valence-electron chi connectivity index (χ0n) is 9.49. The van der Waals surface area contributed by atoms with Crippen LogP contribution in [-0.2, 0) is 6.18 Å². The van der Waals surface area contributed by atoms with Gasteiger partial charge >= 0.3 is 12.1 Å². The van der Waals surface area contributed by atoms with E-state index in [1.54, 1.807) is 0 Å². The maximum atomic E-state index is 13.6. The van der Waals surface area contributed by atoms with E-state index in [4.69, 9.17) is 5.73 Å². The molecule has 2 aromatic rings. The molecular weight excluding hydrogens is 369 g/mol. The van der Waals surface area contributed by atoms with Crippen molar-refractivity contribution in [1.82, 2.24) is 10.1 Å². The minimum absolute atomic E-state index is 0. The van der Waals surface area contributed by atoms with Crippen molar-refractivity contribution in [3.8, 4) is 0 Å². The fourth-order valence-corrected chi connectivity index (χ4v) is 1.70. The largest absolute Gasteiger partial charge is 0.471 e. The predicted molar refractivity (Wildman–Crippen MR) is 66.7 cm³/mol. The minimum Gasteiger partial charge on any atom is -0.329 e. The average molecular weight is 377 g/mol. The van der Waals surface area contributed by atoms with Gasteiger partial charge in [0.2, 0.25) is 0 Å². The molecule has 10 heteroatoms. The fourth-order valence-electron chi connectivity index (χ4n) is 1.37. The Morgan fingerprint density at radius 2 is 1.95 bits per heavy atom. The third-order valence-corrected chi connectivity index (χ3v) is 2.75. The first-order chi connectivity index (χ1) is 8.79. The highest BCUT2D eigenvalue weighted by Gasteiger charge is 2.39. The van der Waals surface area contributed by atoms with Crippen LogP contribution in [0.4, 0.5) is 17.6 Å². The van der Waals surface area contributed by atoms with Crippen molar-refractivity contribution in [3.63, 3.8) is 0 Å². The number of benzene rings is 1. The molecule has 0 aliphatic heterocycles. The Hall–Kier alpha value is -1.19. The highest BCUT2D eigenvalue weighted by Crippen LogP contribution is 2.29. The lowest BCUT2D eigenvalue weighted by Gasteiger charge is -2.08. The second-order valence-corrected chi connectivity index (χ2v) is 4.51. The maximum absolute atomic E-state index is 13.6. The van der Waals surface area contributed by atoms with Crippen molar-refractivity contribution in [2.24, 2.45) is 5.73 Å². The van der Waals surface area contributed by atoms with Gasteiger partial charge in [0.25, 0.3) is 0 Å². The Morgan fingerprint density at radius 3 is 2.45 bits per heavy atom. The standard InChI is InChI=1S/C10H6BrF4N3O.ClH/c11-4-1-2-5(6(12)3-4)7(16)8-17-9(19-18-8)10(13,14)15;/h1-3,7H,16H2;1H. The van der Waals surface area contributed by atoms with Gasteiger partial charge in [0.1, 0.15) is 5.82 Å². The van der Waals surface area contributed by atoms with Gasteiger partial charge in [-0.25, -0.2) is 4.39 Å². The molecule has 1 heterocycles. The molecule has 0 amide bonds. The van der Waals surface area contributed by atoms with Crippen LogP contribution in [0.25, 0.3) is 0 Å². The molecule has 1 aromatic carbocycles. The molecule has 0 saturated heterocycles. The summed E-state index contributed by atoms with van der Waals surface area (Å²) in [5, 5.41) is 3.11. The minimum atomic E-state index is -4.76. The smallest absolute Gasteiger partial charge is 0.329 e. The molecule has 2 rings (SSSR count). The summed E-state index contributed by atoms with van der Waals surface area (Å²) in [7, 11) is 0. The number of halogens is 6. The quantitative estimate of drug-likeness (QED) is 0.815. The van der Waals surface area contributed by atoms with Crippen molar-refractivity contribution in [2.45, 2.75) is 12.2 Å². The van der Waals surface area contributed by atoms with Crippen molar-refractivity contribution >= 4 is 28.3 Å². The summed E-state index contributed by atoms with van der Waals surface area (Å²) >= 11 is 3.05. The second kappa shape index (κ2) is 6.06. The Balaban J connectivity index is 0.00000200. The highest BCUT2D eigenvalue weighted by atomic mass is 79.9. The molecule has 4 nitrogen and oxygen atoms in total. The zero-order valence-corrected chi connectivity index (χ0v) is 11.9. The van der Waals surface area contributed by atoms with E-state index in [-0.39, 0.29) is 18.0 Å². The molecule has 0 radical (unpaired) electrons. The van der Waals surface area contributed by atoms with Gasteiger partial charge < -0.3 is 10.3 Å². The monoisotopic (exact) mass is 375 g/mol.